The van der Waals surface area contributed by atoms with Gasteiger partial charge in [-0.15, -0.1) is 0 Å². The summed E-state index contributed by atoms with van der Waals surface area (Å²) in [6.07, 6.45) is 3.41. The van der Waals surface area contributed by atoms with Crippen LogP contribution in [-0.2, 0) is 6.42 Å². The highest BCUT2D eigenvalue weighted by molar-refractivity contribution is 6.90. The zero-order valence-electron chi connectivity index (χ0n) is 26.7. The summed E-state index contributed by atoms with van der Waals surface area (Å²) >= 11 is 0. The van der Waals surface area contributed by atoms with Crippen molar-refractivity contribution in [1.82, 2.24) is 4.48 Å². The van der Waals surface area contributed by atoms with Crippen LogP contribution in [0.4, 0.5) is 17.1 Å². The lowest BCUT2D eigenvalue weighted by Crippen LogP contribution is -2.56. The van der Waals surface area contributed by atoms with E-state index in [1.54, 1.807) is 0 Å². The summed E-state index contributed by atoms with van der Waals surface area (Å²) in [6, 6.07) is 49.5. The molecule has 4 heteroatoms. The Morgan fingerprint density at radius 2 is 1.42 bits per heavy atom. The van der Waals surface area contributed by atoms with Crippen LogP contribution in [0.25, 0.3) is 65.6 Å². The normalized spacial score (nSPS) is 13.3. The molecule has 9 aromatic rings. The summed E-state index contributed by atoms with van der Waals surface area (Å²) in [7, 11) is 0. The average Bonchev–Trinajstić information content (AvgIpc) is 3.69. The maximum Gasteiger partial charge on any atom is 0.333 e. The Morgan fingerprint density at radius 3 is 2.33 bits per heavy atom. The lowest BCUT2D eigenvalue weighted by Gasteiger charge is -2.41. The van der Waals surface area contributed by atoms with E-state index in [0.29, 0.717) is 0 Å². The Kier molecular flexibility index (Phi) is 5.30. The van der Waals surface area contributed by atoms with Crippen molar-refractivity contribution in [2.24, 2.45) is 0 Å². The molecule has 0 aliphatic carbocycles. The predicted octanol–water partition coefficient (Wildman–Crippen LogP) is 10.6. The molecule has 0 bridgehead atoms. The summed E-state index contributed by atoms with van der Waals surface area (Å²) in [5, 5.41) is 7.41. The third-order valence-electron chi connectivity index (χ3n) is 10.9. The van der Waals surface area contributed by atoms with Crippen molar-refractivity contribution in [3.63, 3.8) is 0 Å². The second-order valence-corrected chi connectivity index (χ2v) is 13.5. The largest absolute Gasteiger partial charge is 0.454 e. The van der Waals surface area contributed by atoms with Gasteiger partial charge in [-0.05, 0) is 70.6 Å². The van der Waals surface area contributed by atoms with Gasteiger partial charge in [0.25, 0.3) is 0 Å². The fraction of sp³-hybridized carbons (Fsp3) is 0.0909. The topological polar surface area (TPSA) is 21.3 Å². The van der Waals surface area contributed by atoms with Crippen LogP contribution in [0.15, 0.2) is 138 Å². The van der Waals surface area contributed by atoms with Crippen molar-refractivity contribution in [2.45, 2.75) is 26.2 Å². The van der Waals surface area contributed by atoms with Crippen molar-refractivity contribution in [2.75, 3.05) is 4.90 Å². The van der Waals surface area contributed by atoms with E-state index in [2.05, 4.69) is 150 Å². The highest BCUT2D eigenvalue weighted by Crippen LogP contribution is 2.50. The molecule has 2 aliphatic rings. The summed E-state index contributed by atoms with van der Waals surface area (Å²) in [5.41, 5.74) is 14.6. The molecule has 3 nitrogen and oxygen atoms in total. The van der Waals surface area contributed by atoms with Crippen LogP contribution < -0.4 is 15.8 Å². The summed E-state index contributed by atoms with van der Waals surface area (Å²) in [5.74, 6) is 0. The van der Waals surface area contributed by atoms with Gasteiger partial charge in [0.2, 0.25) is 0 Å². The molecule has 0 unspecified atom stereocenters. The molecule has 48 heavy (non-hydrogen) atoms. The molecule has 0 saturated carbocycles. The second kappa shape index (κ2) is 9.65. The Balaban J connectivity index is 1.37. The molecule has 0 radical (unpaired) electrons. The maximum absolute atomic E-state index is 6.98. The highest BCUT2D eigenvalue weighted by Gasteiger charge is 2.45. The zero-order chi connectivity index (χ0) is 31.5. The molecule has 0 N–H and O–H groups in total. The number of furan rings is 1. The van der Waals surface area contributed by atoms with Gasteiger partial charge < -0.3 is 13.8 Å². The van der Waals surface area contributed by atoms with E-state index in [1.165, 1.54) is 84.4 Å². The van der Waals surface area contributed by atoms with Gasteiger partial charge in [0.1, 0.15) is 5.58 Å². The second-order valence-electron chi connectivity index (χ2n) is 13.5. The van der Waals surface area contributed by atoms with E-state index < -0.39 is 0 Å². The molecule has 0 spiro atoms. The Labute approximate surface area is 278 Å². The van der Waals surface area contributed by atoms with Gasteiger partial charge in [-0.1, -0.05) is 116 Å². The minimum atomic E-state index is -0.0240. The van der Waals surface area contributed by atoms with E-state index in [4.69, 9.17) is 4.42 Å². The van der Waals surface area contributed by atoms with Crippen LogP contribution in [0.1, 0.15) is 25.3 Å². The molecule has 7 aromatic carbocycles. The standard InChI is InChI=1S/C44H31BN2O/c1-2-3-12-27-13-10-15-29(25-27)46-42-30-16-5-4-14-28(30)23-24-37(42)45-40-35(26-36-32-18-7-9-22-39(32)48-44(36)43(40)46)34-20-11-19-33-31-17-6-8-21-38(31)47(45)41(33)34/h4-11,13-26H,2-3,12H2,1H3. The van der Waals surface area contributed by atoms with Crippen molar-refractivity contribution < 1.29 is 4.42 Å². The molecule has 11 rings (SSSR count). The third-order valence-corrected chi connectivity index (χ3v) is 10.9. The van der Waals surface area contributed by atoms with Crippen LogP contribution in [0, 0.1) is 0 Å². The predicted molar refractivity (Wildman–Crippen MR) is 203 cm³/mol. The van der Waals surface area contributed by atoms with Gasteiger partial charge in [-0.25, -0.2) is 0 Å². The molecule has 0 atom stereocenters. The molecule has 4 heterocycles. The highest BCUT2D eigenvalue weighted by atomic mass is 16.3. The van der Waals surface area contributed by atoms with Gasteiger partial charge >= 0.3 is 6.85 Å². The first-order valence-electron chi connectivity index (χ1n) is 17.2. The SMILES string of the molecule is CCCCc1cccc(N2c3c(ccc4ccccc34)B3c4c(cc5c(oc6ccccc65)c42)-c2cccc4c5ccccc5n3c24)c1. The van der Waals surface area contributed by atoms with Gasteiger partial charge in [-0.2, -0.15) is 0 Å². The van der Waals surface area contributed by atoms with Gasteiger partial charge in [0.15, 0.2) is 5.58 Å². The summed E-state index contributed by atoms with van der Waals surface area (Å²) in [6.45, 7) is 2.25. The Bertz CT molecular complexity index is 2800. The summed E-state index contributed by atoms with van der Waals surface area (Å²) < 4.78 is 9.60. The average molecular weight is 615 g/mol. The van der Waals surface area contributed by atoms with Crippen LogP contribution in [-0.4, -0.2) is 11.3 Å². The number of benzene rings is 7. The number of nitrogens with zero attached hydrogens (tertiary/aromatic N) is 2. The smallest absolute Gasteiger partial charge is 0.333 e. The first-order valence-corrected chi connectivity index (χ1v) is 17.2. The van der Waals surface area contributed by atoms with Crippen molar-refractivity contribution in [3.05, 3.63) is 139 Å². The number of anilines is 3. The number of para-hydroxylation sites is 3. The third kappa shape index (κ3) is 3.34. The van der Waals surface area contributed by atoms with Crippen LogP contribution in [0.5, 0.6) is 0 Å². The van der Waals surface area contributed by atoms with E-state index in [-0.39, 0.29) is 6.85 Å². The van der Waals surface area contributed by atoms with E-state index in [0.717, 1.165) is 34.0 Å². The van der Waals surface area contributed by atoms with Gasteiger partial charge in [-0.3, -0.25) is 0 Å². The molecule has 226 valence electrons. The maximum atomic E-state index is 6.98. The van der Waals surface area contributed by atoms with E-state index in [9.17, 15) is 0 Å². The molecular formula is C44H31BN2O. The Hall–Kier alpha value is -5.74. The van der Waals surface area contributed by atoms with Crippen molar-refractivity contribution in [1.29, 1.82) is 0 Å². The fourth-order valence-electron chi connectivity index (χ4n) is 8.88. The van der Waals surface area contributed by atoms with Crippen molar-refractivity contribution >= 4 is 89.4 Å². The minimum Gasteiger partial charge on any atom is -0.454 e. The molecule has 0 saturated heterocycles. The number of unbranched alkanes of at least 4 members (excludes halogenated alkanes) is 1. The van der Waals surface area contributed by atoms with Crippen LogP contribution >= 0.6 is 0 Å². The Morgan fingerprint density at radius 1 is 0.625 bits per heavy atom. The monoisotopic (exact) mass is 614 g/mol. The van der Waals surface area contributed by atoms with E-state index >= 15 is 0 Å². The van der Waals surface area contributed by atoms with Crippen LogP contribution in [0.2, 0.25) is 0 Å². The first-order chi connectivity index (χ1) is 23.8. The number of hydrogen-bond acceptors (Lipinski definition) is 2. The minimum absolute atomic E-state index is 0.0240. The number of rotatable bonds is 4. The lowest BCUT2D eigenvalue weighted by molar-refractivity contribution is 0.669. The molecule has 0 fully saturated rings. The lowest BCUT2D eigenvalue weighted by atomic mass is 9.44. The molecule has 2 aromatic heterocycles. The van der Waals surface area contributed by atoms with Crippen LogP contribution in [0.3, 0.4) is 0 Å². The molecular weight excluding hydrogens is 583 g/mol. The number of fused-ring (bicyclic) bond motifs is 13. The molecule has 2 aliphatic heterocycles. The zero-order valence-corrected chi connectivity index (χ0v) is 26.7. The van der Waals surface area contributed by atoms with Gasteiger partial charge in [0.05, 0.1) is 11.4 Å². The summed E-state index contributed by atoms with van der Waals surface area (Å²) in [4.78, 5) is 2.55. The van der Waals surface area contributed by atoms with E-state index in [1.807, 2.05) is 0 Å². The number of aromatic nitrogens is 1. The fourth-order valence-corrected chi connectivity index (χ4v) is 8.88. The first kappa shape index (κ1) is 26.3. The van der Waals surface area contributed by atoms with Crippen molar-refractivity contribution in [3.8, 4) is 11.1 Å². The quantitative estimate of drug-likeness (QED) is 0.184. The number of hydrogen-bond donors (Lipinski definition) is 0. The number of aryl methyl sites for hydroxylation is 1. The molecule has 0 amide bonds. The van der Waals surface area contributed by atoms with Gasteiger partial charge in [0, 0.05) is 49.2 Å².